The monoisotopic (exact) mass is 434 g/mol. The van der Waals surface area contributed by atoms with Gasteiger partial charge in [0.2, 0.25) is 0 Å². The van der Waals surface area contributed by atoms with Crippen molar-refractivity contribution in [1.29, 1.82) is 0 Å². The first-order valence-corrected chi connectivity index (χ1v) is 10.6. The van der Waals surface area contributed by atoms with Crippen molar-refractivity contribution in [1.82, 2.24) is 13.9 Å². The zero-order valence-electron chi connectivity index (χ0n) is 14.3. The highest BCUT2D eigenvalue weighted by molar-refractivity contribution is 9.10. The van der Waals surface area contributed by atoms with Crippen LogP contribution in [0, 0.1) is 0 Å². The van der Waals surface area contributed by atoms with E-state index in [0.717, 1.165) is 37.4 Å². The second-order valence-electron chi connectivity index (χ2n) is 6.42. The van der Waals surface area contributed by atoms with Crippen molar-refractivity contribution in [3.63, 3.8) is 0 Å². The lowest BCUT2D eigenvalue weighted by Crippen LogP contribution is -2.44. The number of nitrogens with zero attached hydrogens (tertiary/aromatic N) is 4. The van der Waals surface area contributed by atoms with Crippen molar-refractivity contribution in [2.24, 2.45) is 0 Å². The van der Waals surface area contributed by atoms with Crippen LogP contribution in [0.1, 0.15) is 0 Å². The Morgan fingerprint density at radius 2 is 1.73 bits per heavy atom. The summed E-state index contributed by atoms with van der Waals surface area (Å²) in [5, 5.41) is 0.804. The van der Waals surface area contributed by atoms with E-state index in [-0.39, 0.29) is 4.90 Å². The number of anilines is 1. The lowest BCUT2D eigenvalue weighted by molar-refractivity contribution is 0.312. The molecule has 1 aliphatic rings. The molecule has 0 N–H and O–H groups in total. The van der Waals surface area contributed by atoms with Gasteiger partial charge in [0, 0.05) is 42.2 Å². The normalized spacial score (nSPS) is 16.3. The number of hydrogen-bond donors (Lipinski definition) is 0. The van der Waals surface area contributed by atoms with Gasteiger partial charge in [-0.25, -0.2) is 17.4 Å². The van der Waals surface area contributed by atoms with Crippen molar-refractivity contribution >= 4 is 42.8 Å². The van der Waals surface area contributed by atoms with Crippen molar-refractivity contribution in [2.45, 2.75) is 4.90 Å². The molecule has 0 aliphatic carbocycles. The van der Waals surface area contributed by atoms with Crippen LogP contribution in [0.25, 0.3) is 11.0 Å². The van der Waals surface area contributed by atoms with E-state index in [1.54, 1.807) is 36.5 Å². The summed E-state index contributed by atoms with van der Waals surface area (Å²) in [6.45, 7) is 3.70. The van der Waals surface area contributed by atoms with Crippen LogP contribution in [0.4, 0.5) is 5.82 Å². The Morgan fingerprint density at radius 1 is 1.00 bits per heavy atom. The molecule has 1 fully saturated rings. The largest absolute Gasteiger partial charge is 0.354 e. The summed E-state index contributed by atoms with van der Waals surface area (Å²) >= 11 is 3.34. The molecule has 0 saturated carbocycles. The quantitative estimate of drug-likeness (QED) is 0.634. The van der Waals surface area contributed by atoms with Crippen molar-refractivity contribution < 1.29 is 8.42 Å². The fourth-order valence-corrected chi connectivity index (χ4v) is 5.41. The van der Waals surface area contributed by atoms with Gasteiger partial charge < -0.3 is 9.80 Å². The van der Waals surface area contributed by atoms with E-state index in [1.807, 2.05) is 12.1 Å². The number of hydrogen-bond acceptors (Lipinski definition) is 5. The van der Waals surface area contributed by atoms with Crippen LogP contribution in [-0.2, 0) is 10.0 Å². The molecule has 6 nitrogen and oxygen atoms in total. The molecule has 26 heavy (non-hydrogen) atoms. The van der Waals surface area contributed by atoms with E-state index in [0.29, 0.717) is 10.1 Å². The van der Waals surface area contributed by atoms with Gasteiger partial charge in [-0.1, -0.05) is 12.1 Å². The predicted molar refractivity (Wildman–Crippen MR) is 106 cm³/mol. The van der Waals surface area contributed by atoms with Gasteiger partial charge in [-0.2, -0.15) is 0 Å². The Kier molecular flexibility index (Phi) is 4.50. The maximum atomic E-state index is 13.1. The lowest BCUT2D eigenvalue weighted by Gasteiger charge is -2.33. The minimum Gasteiger partial charge on any atom is -0.354 e. The molecule has 1 aliphatic heterocycles. The molecule has 8 heteroatoms. The van der Waals surface area contributed by atoms with Gasteiger partial charge in [-0.15, -0.1) is 0 Å². The molecule has 1 saturated heterocycles. The zero-order valence-corrected chi connectivity index (χ0v) is 16.7. The number of pyridine rings is 1. The van der Waals surface area contributed by atoms with Gasteiger partial charge in [-0.3, -0.25) is 0 Å². The Labute approximate surface area is 161 Å². The number of halogens is 1. The Bertz CT molecular complexity index is 1060. The van der Waals surface area contributed by atoms with Gasteiger partial charge in [0.05, 0.1) is 0 Å². The third-order valence-corrected chi connectivity index (χ3v) is 7.37. The number of aromatic nitrogens is 2. The third kappa shape index (κ3) is 3.02. The maximum Gasteiger partial charge on any atom is 0.270 e. The van der Waals surface area contributed by atoms with Crippen LogP contribution in [0.2, 0.25) is 0 Å². The first-order chi connectivity index (χ1) is 12.5. The highest BCUT2D eigenvalue weighted by Gasteiger charge is 2.23. The molecule has 3 aromatic rings. The number of piperazine rings is 1. The average Bonchev–Trinajstić information content (AvgIpc) is 3.06. The Hall–Kier alpha value is -1.90. The van der Waals surface area contributed by atoms with Crippen LogP contribution in [0.3, 0.4) is 0 Å². The van der Waals surface area contributed by atoms with Crippen molar-refractivity contribution in [2.75, 3.05) is 38.1 Å². The van der Waals surface area contributed by atoms with Crippen LogP contribution < -0.4 is 4.90 Å². The number of fused-ring (bicyclic) bond motifs is 1. The molecule has 0 unspecified atom stereocenters. The molecule has 2 aromatic heterocycles. The summed E-state index contributed by atoms with van der Waals surface area (Å²) < 4.78 is 28.1. The average molecular weight is 435 g/mol. The molecular weight excluding hydrogens is 416 g/mol. The lowest BCUT2D eigenvalue weighted by atomic mass is 10.3. The predicted octanol–water partition coefficient (Wildman–Crippen LogP) is 2.79. The topological polar surface area (TPSA) is 58.4 Å². The first-order valence-electron chi connectivity index (χ1n) is 8.38. The van der Waals surface area contributed by atoms with E-state index in [4.69, 9.17) is 0 Å². The van der Waals surface area contributed by atoms with Crippen LogP contribution >= 0.6 is 15.9 Å². The highest BCUT2D eigenvalue weighted by Crippen LogP contribution is 2.27. The second-order valence-corrected chi connectivity index (χ2v) is 9.06. The summed E-state index contributed by atoms with van der Waals surface area (Å²) in [5.74, 6) is 0.813. The Balaban J connectivity index is 1.79. The van der Waals surface area contributed by atoms with Crippen LogP contribution in [0.15, 0.2) is 58.0 Å². The summed E-state index contributed by atoms with van der Waals surface area (Å²) in [6.07, 6.45) is 1.57. The van der Waals surface area contributed by atoms with Crippen LogP contribution in [-0.4, -0.2) is 55.5 Å². The summed E-state index contributed by atoms with van der Waals surface area (Å²) in [4.78, 5) is 9.38. The highest BCUT2D eigenvalue weighted by atomic mass is 79.9. The minimum atomic E-state index is -3.73. The SMILES string of the molecule is CN1CCN(c2ccc3ccn(S(=O)(=O)c4ccccc4Br)c3n2)CC1. The summed E-state index contributed by atoms with van der Waals surface area (Å²) in [5.41, 5.74) is 0.456. The standard InChI is InChI=1S/C18H19BrN4O2S/c1-21-10-12-22(13-11-21)17-7-6-14-8-9-23(18(14)20-17)26(24,25)16-5-3-2-4-15(16)19/h2-9H,10-13H2,1H3. The Morgan fingerprint density at radius 3 is 2.46 bits per heavy atom. The first kappa shape index (κ1) is 17.5. The smallest absolute Gasteiger partial charge is 0.270 e. The summed E-state index contributed by atoms with van der Waals surface area (Å²) in [6, 6.07) is 12.5. The third-order valence-electron chi connectivity index (χ3n) is 4.69. The molecule has 1 aromatic carbocycles. The number of benzene rings is 1. The number of likely N-dealkylation sites (N-methyl/N-ethyl adjacent to an activating group) is 1. The molecule has 3 heterocycles. The van der Waals surface area contributed by atoms with Crippen LogP contribution in [0.5, 0.6) is 0 Å². The molecule has 0 atom stereocenters. The van der Waals surface area contributed by atoms with Gasteiger partial charge in [0.15, 0.2) is 5.65 Å². The van der Waals surface area contributed by atoms with Gasteiger partial charge >= 0.3 is 0 Å². The van der Waals surface area contributed by atoms with Crippen molar-refractivity contribution in [3.8, 4) is 0 Å². The fraction of sp³-hybridized carbons (Fsp3) is 0.278. The fourth-order valence-electron chi connectivity index (χ4n) is 3.14. The van der Waals surface area contributed by atoms with E-state index in [1.165, 1.54) is 3.97 Å². The van der Waals surface area contributed by atoms with E-state index < -0.39 is 10.0 Å². The van der Waals surface area contributed by atoms with Crippen molar-refractivity contribution in [3.05, 3.63) is 53.1 Å². The molecular formula is C18H19BrN4O2S. The maximum absolute atomic E-state index is 13.1. The van der Waals surface area contributed by atoms with Gasteiger partial charge in [-0.05, 0) is 53.3 Å². The molecule has 136 valence electrons. The van der Waals surface area contributed by atoms with E-state index in [2.05, 4.69) is 37.8 Å². The van der Waals surface area contributed by atoms with Gasteiger partial charge in [0.25, 0.3) is 10.0 Å². The zero-order chi connectivity index (χ0) is 18.3. The minimum absolute atomic E-state index is 0.226. The summed E-state index contributed by atoms with van der Waals surface area (Å²) in [7, 11) is -1.63. The number of rotatable bonds is 3. The molecule has 0 bridgehead atoms. The van der Waals surface area contributed by atoms with E-state index >= 15 is 0 Å². The van der Waals surface area contributed by atoms with E-state index in [9.17, 15) is 8.42 Å². The molecule has 0 radical (unpaired) electrons. The van der Waals surface area contributed by atoms with Gasteiger partial charge in [0.1, 0.15) is 10.7 Å². The molecule has 0 amide bonds. The molecule has 4 rings (SSSR count). The second kappa shape index (κ2) is 6.68. The molecule has 0 spiro atoms.